The Hall–Kier alpha value is -5.75. The molecule has 3 saturated carbocycles. The molecule has 2 bridgehead atoms. The molecule has 3 aromatic carbocycles. The Kier molecular flexibility index (Phi) is 19.4. The summed E-state index contributed by atoms with van der Waals surface area (Å²) in [6, 6.07) is 19.0. The van der Waals surface area contributed by atoms with Gasteiger partial charge < -0.3 is 58.3 Å². The number of hydrogen-bond acceptors (Lipinski definition) is 12. The summed E-state index contributed by atoms with van der Waals surface area (Å²) in [6.07, 6.45) is 10.5. The highest BCUT2D eigenvalue weighted by Crippen LogP contribution is 2.63. The summed E-state index contributed by atoms with van der Waals surface area (Å²) < 4.78 is 0. The zero-order valence-corrected chi connectivity index (χ0v) is 46.4. The van der Waals surface area contributed by atoms with Crippen LogP contribution in [0, 0.1) is 29.1 Å². The molecule has 0 radical (unpaired) electrons. The quantitative estimate of drug-likeness (QED) is 0.0408. The number of aliphatic imine (C=N–C) groups is 1. The summed E-state index contributed by atoms with van der Waals surface area (Å²) >= 11 is 0. The number of hydrogen-bond donors (Lipinski definition) is 12. The van der Waals surface area contributed by atoms with E-state index in [0.29, 0.717) is 77.9 Å². The average Bonchev–Trinajstić information content (AvgIpc) is 4.34. The molecule has 5 aliphatic rings. The van der Waals surface area contributed by atoms with Crippen molar-refractivity contribution in [2.45, 2.75) is 159 Å². The molecule has 0 unspecified atom stereocenters. The average molecular weight is 1080 g/mol. The largest absolute Gasteiger partial charge is 0.508 e. The van der Waals surface area contributed by atoms with Crippen molar-refractivity contribution in [2.24, 2.45) is 51.3 Å². The van der Waals surface area contributed by atoms with E-state index in [1.54, 1.807) is 56.3 Å². The predicted octanol–water partition coefficient (Wildman–Crippen LogP) is 6.35. The van der Waals surface area contributed by atoms with Gasteiger partial charge in [0.1, 0.15) is 18.0 Å². The number of aliphatic hydroxyl groups is 6. The number of ketones is 1. The van der Waals surface area contributed by atoms with Crippen LogP contribution in [0.25, 0.3) is 0 Å². The predicted molar refractivity (Wildman–Crippen MR) is 308 cm³/mol. The molecule has 3 fully saturated rings. The van der Waals surface area contributed by atoms with E-state index >= 15 is 4.79 Å². The molecular formula is C64H86N6O9. The van der Waals surface area contributed by atoms with Crippen molar-refractivity contribution in [1.29, 1.82) is 0 Å². The van der Waals surface area contributed by atoms with Gasteiger partial charge in [0.25, 0.3) is 0 Å². The van der Waals surface area contributed by atoms with Gasteiger partial charge in [-0.25, -0.2) is 0 Å². The zero-order chi connectivity index (χ0) is 56.8. The van der Waals surface area contributed by atoms with Crippen LogP contribution >= 0.6 is 0 Å². The van der Waals surface area contributed by atoms with E-state index in [1.165, 1.54) is 31.3 Å². The van der Waals surface area contributed by atoms with Crippen molar-refractivity contribution < 1.29 is 45.3 Å². The van der Waals surface area contributed by atoms with Gasteiger partial charge in [-0.1, -0.05) is 109 Å². The Bertz CT molecular complexity index is 2830. The minimum Gasteiger partial charge on any atom is -0.508 e. The first-order valence-electron chi connectivity index (χ1n) is 28.6. The van der Waals surface area contributed by atoms with Gasteiger partial charge in [0, 0.05) is 36.8 Å². The van der Waals surface area contributed by atoms with E-state index in [1.807, 2.05) is 42.5 Å². The Morgan fingerprint density at radius 2 is 1.66 bits per heavy atom. The molecule has 0 aromatic heterocycles. The van der Waals surface area contributed by atoms with Crippen LogP contribution in [-0.4, -0.2) is 103 Å². The van der Waals surface area contributed by atoms with Crippen molar-refractivity contribution in [3.05, 3.63) is 159 Å². The summed E-state index contributed by atoms with van der Waals surface area (Å²) in [5, 5.41) is 88.6. The number of amides is 1. The van der Waals surface area contributed by atoms with Crippen LogP contribution in [0.15, 0.2) is 130 Å². The van der Waals surface area contributed by atoms with Crippen molar-refractivity contribution in [2.75, 3.05) is 19.7 Å². The molecule has 2 heterocycles. The molecule has 1 spiro atoms. The van der Waals surface area contributed by atoms with Crippen LogP contribution in [0.2, 0.25) is 0 Å². The topological polar surface area (TPSA) is 290 Å². The van der Waals surface area contributed by atoms with Gasteiger partial charge in [0.05, 0.1) is 36.6 Å². The van der Waals surface area contributed by atoms with Gasteiger partial charge in [-0.05, 0) is 171 Å². The summed E-state index contributed by atoms with van der Waals surface area (Å²) in [7, 11) is 0. The van der Waals surface area contributed by atoms with E-state index in [2.05, 4.69) is 35.2 Å². The first-order valence-corrected chi connectivity index (χ1v) is 28.6. The Morgan fingerprint density at radius 1 is 0.949 bits per heavy atom. The highest BCUT2D eigenvalue weighted by Gasteiger charge is 2.64. The second-order valence-corrected chi connectivity index (χ2v) is 23.6. The van der Waals surface area contributed by atoms with Crippen molar-refractivity contribution in [3.63, 3.8) is 0 Å². The maximum Gasteiger partial charge on any atom is 0.243 e. The zero-order valence-electron chi connectivity index (χ0n) is 46.4. The van der Waals surface area contributed by atoms with Crippen LogP contribution in [0.5, 0.6) is 5.75 Å². The lowest BCUT2D eigenvalue weighted by Crippen LogP contribution is -2.59. The first-order chi connectivity index (χ1) is 37.7. The molecule has 1 amide bonds. The normalized spacial score (nSPS) is 31.3. The summed E-state index contributed by atoms with van der Waals surface area (Å²) in [5.41, 5.74) is 23.7. The number of phenols is 1. The van der Waals surface area contributed by atoms with Gasteiger partial charge in [0.15, 0.2) is 11.7 Å². The van der Waals surface area contributed by atoms with Crippen LogP contribution in [0.1, 0.15) is 143 Å². The Labute approximate surface area is 466 Å². The molecule has 3 aromatic rings. The number of carbonyl (C=O) groups excluding carboxylic acids is 2. The van der Waals surface area contributed by atoms with Gasteiger partial charge in [-0.15, -0.1) is 0 Å². The molecule has 426 valence electrons. The molecule has 15 heteroatoms. The summed E-state index contributed by atoms with van der Waals surface area (Å²) in [5.74, 6) is -2.26. The molecule has 8 rings (SSSR count). The number of benzene rings is 3. The van der Waals surface area contributed by atoms with E-state index in [9.17, 15) is 40.5 Å². The van der Waals surface area contributed by atoms with Crippen molar-refractivity contribution in [1.82, 2.24) is 10.6 Å². The number of guanidine groups is 1. The van der Waals surface area contributed by atoms with Crippen molar-refractivity contribution in [3.8, 4) is 5.75 Å². The smallest absolute Gasteiger partial charge is 0.243 e. The highest BCUT2D eigenvalue weighted by atomic mass is 16.3. The number of nitrogens with zero attached hydrogens (tertiary/aromatic N) is 1. The fourth-order valence-corrected chi connectivity index (χ4v) is 14.2. The number of β-amino-alcohol motifs (C(OH)–C–C–N with tert-alkyl or cyclic N) is 1. The number of rotatable bonds is 12. The minimum atomic E-state index is -1.41. The number of phenolic OH excluding ortho intramolecular Hbond substituents is 1. The summed E-state index contributed by atoms with van der Waals surface area (Å²) in [6.45, 7) is 9.53. The second-order valence-electron chi connectivity index (χ2n) is 23.6. The molecule has 12 atom stereocenters. The van der Waals surface area contributed by atoms with Gasteiger partial charge in [0.2, 0.25) is 5.91 Å². The maximum absolute atomic E-state index is 15.1. The number of nitrogens with two attached hydrogens (primary N) is 3. The number of allylic oxidation sites excluding steroid dienone is 5. The summed E-state index contributed by atoms with van der Waals surface area (Å²) in [4.78, 5) is 33.6. The van der Waals surface area contributed by atoms with Crippen molar-refractivity contribution >= 4 is 17.6 Å². The number of carbonyl (C=O) groups is 2. The molecule has 0 saturated heterocycles. The molecular weight excluding hydrogens is 997 g/mol. The van der Waals surface area contributed by atoms with Gasteiger partial charge >= 0.3 is 0 Å². The molecule has 15 N–H and O–H groups in total. The third-order valence-electron chi connectivity index (χ3n) is 18.8. The van der Waals surface area contributed by atoms with Gasteiger partial charge in [-0.3, -0.25) is 19.9 Å². The number of Topliss-reactive ketones (excluding diaryl/α,β-unsaturated/α-hetero) is 1. The number of nitrogens with one attached hydrogen (secondary N) is 2. The second kappa shape index (κ2) is 25.8. The first kappa shape index (κ1) is 59.4. The third kappa shape index (κ3) is 13.2. The Balaban J connectivity index is 1.16. The number of aliphatic hydroxyl groups excluding tert-OH is 5. The number of aromatic hydroxyl groups is 1. The SMILES string of the molecule is C=C(/C=C/C=C(/CO)[C@H]1CC[C@@]2([C@@H]3CC[C@H](O)Cc4cccc(c4)C[C@H]([C@H](CN=C(N)N)c4ccc(O)cc4)[C@H](O)CN[C@H]4C(=O)N[C@H](N)c5cccc(c54)CC(=O)/C(C)=C/3CC[C@@]2(C)O)[C@@H]1O)[C@H](O)C/C=C(/C)C1CCCC1. The fraction of sp³-hybridized carbons (Fsp3) is 0.516. The van der Waals surface area contributed by atoms with E-state index < -0.39 is 77.2 Å². The molecule has 15 nitrogen and oxygen atoms in total. The van der Waals surface area contributed by atoms with Crippen LogP contribution in [0.4, 0.5) is 0 Å². The van der Waals surface area contributed by atoms with Gasteiger partial charge in [-0.2, -0.15) is 0 Å². The standard InChI is InChI=1S/C64H86N6O9/c1-37(42-13-5-6-14-42)18-25-54(74)38(2)10-7-16-45(36-71)49-27-29-64(59(49)77)53-24-23-47(73)31-40-11-8-12-41(30-40)32-51(52(34-69-62(66)67)43-19-21-46(72)22-20-43)56(76)35-68-58-57-44(15-9-17-50(57)60(65)70-61(58)78)33-55(75)39(3)48(53)26-28-63(64,4)79/h7-12,15-22,30,42,47,49,51-54,56,58-60,68,71-74,76-77,79H,2,5-6,13-14,23-29,31-36,65H2,1,3-4H3,(H,70,78)(H4,66,67,69)/b10-7+,37-18-,45-16-,48-39+/t47-,49+,51+,52+,53+,54+,56+,58+,59+,60-,63+,64+/m0/s1. The molecule has 2 aliphatic heterocycles. The lowest BCUT2D eigenvalue weighted by atomic mass is 9.52. The fourth-order valence-electron chi connectivity index (χ4n) is 14.2. The Morgan fingerprint density at radius 3 is 2.37 bits per heavy atom. The van der Waals surface area contributed by atoms with Crippen LogP contribution in [0.3, 0.4) is 0 Å². The molecule has 79 heavy (non-hydrogen) atoms. The lowest BCUT2D eigenvalue weighted by Gasteiger charge is -2.56. The number of fused-ring (bicyclic) bond motifs is 4. The van der Waals surface area contributed by atoms with Crippen LogP contribution < -0.4 is 27.8 Å². The monoisotopic (exact) mass is 1080 g/mol. The third-order valence-corrected chi connectivity index (χ3v) is 18.8. The van der Waals surface area contributed by atoms with E-state index in [4.69, 9.17) is 17.2 Å². The lowest BCUT2D eigenvalue weighted by molar-refractivity contribution is -0.168. The maximum atomic E-state index is 15.1. The van der Waals surface area contributed by atoms with E-state index in [-0.39, 0.29) is 62.9 Å². The van der Waals surface area contributed by atoms with E-state index in [0.717, 1.165) is 22.3 Å². The molecule has 3 aliphatic carbocycles. The minimum absolute atomic E-state index is 0.0651. The van der Waals surface area contributed by atoms with Crippen LogP contribution in [-0.2, 0) is 28.9 Å². The highest BCUT2D eigenvalue weighted by molar-refractivity contribution is 5.98.